The van der Waals surface area contributed by atoms with E-state index in [9.17, 15) is 9.59 Å². The van der Waals surface area contributed by atoms with E-state index in [4.69, 9.17) is 0 Å². The Kier molecular flexibility index (Phi) is 5.38. The minimum atomic E-state index is -0.0720. The smallest absolute Gasteiger partial charge is 0.187 e. The molecule has 1 aliphatic heterocycles. The fraction of sp³-hybridized carbons (Fsp3) is 0.250. The molecule has 2 fully saturated rings. The van der Waals surface area contributed by atoms with Crippen molar-refractivity contribution in [1.29, 1.82) is 0 Å². The molecular weight excluding hydrogens is 348 g/mol. The summed E-state index contributed by atoms with van der Waals surface area (Å²) in [5.74, 6) is -0.144. The van der Waals surface area contributed by atoms with Crippen LogP contribution >= 0.6 is 0 Å². The van der Waals surface area contributed by atoms with Gasteiger partial charge in [-0.05, 0) is 12.8 Å². The summed E-state index contributed by atoms with van der Waals surface area (Å²) in [5.41, 5.74) is 2.66. The van der Waals surface area contributed by atoms with E-state index < -0.39 is 0 Å². The van der Waals surface area contributed by atoms with Crippen LogP contribution in [0.1, 0.15) is 46.4 Å². The average Bonchev–Trinajstić information content (AvgIpc) is 2.75. The number of carbonyl (C=O) groups is 2. The van der Waals surface area contributed by atoms with Crippen molar-refractivity contribution in [1.82, 2.24) is 10.6 Å². The number of allylic oxidation sites excluding steroid dienone is 2. The highest BCUT2D eigenvalue weighted by atomic mass is 16.1. The fourth-order valence-electron chi connectivity index (χ4n) is 3.90. The highest BCUT2D eigenvalue weighted by molar-refractivity contribution is 6.07. The molecule has 2 aromatic carbocycles. The van der Waals surface area contributed by atoms with Gasteiger partial charge < -0.3 is 10.6 Å². The van der Waals surface area contributed by atoms with Crippen LogP contribution in [0.15, 0.2) is 84.2 Å². The largest absolute Gasteiger partial charge is 0.378 e. The van der Waals surface area contributed by atoms with Gasteiger partial charge in [-0.1, -0.05) is 73.5 Å². The summed E-state index contributed by atoms with van der Waals surface area (Å²) in [5, 5.41) is 7.04. The lowest BCUT2D eigenvalue weighted by Crippen LogP contribution is -2.55. The van der Waals surface area contributed by atoms with E-state index in [1.165, 1.54) is 12.8 Å². The molecule has 2 aliphatic rings. The summed E-state index contributed by atoms with van der Waals surface area (Å²) in [7, 11) is 0. The maximum atomic E-state index is 12.7. The Labute approximate surface area is 165 Å². The van der Waals surface area contributed by atoms with Crippen molar-refractivity contribution in [2.24, 2.45) is 0 Å². The van der Waals surface area contributed by atoms with Gasteiger partial charge in [-0.3, -0.25) is 9.59 Å². The van der Waals surface area contributed by atoms with E-state index in [1.54, 1.807) is 36.4 Å². The first-order chi connectivity index (χ1) is 13.7. The number of nitrogens with one attached hydrogen (secondary N) is 2. The molecule has 4 nitrogen and oxygen atoms in total. The number of benzene rings is 2. The number of hydrogen-bond donors (Lipinski definition) is 2. The van der Waals surface area contributed by atoms with Crippen LogP contribution in [-0.2, 0) is 0 Å². The van der Waals surface area contributed by atoms with Crippen molar-refractivity contribution in [2.45, 2.75) is 37.8 Å². The van der Waals surface area contributed by atoms with Crippen LogP contribution in [0.4, 0.5) is 0 Å². The molecule has 1 aliphatic carbocycles. The molecule has 1 saturated heterocycles. The molecule has 0 aromatic heterocycles. The van der Waals surface area contributed by atoms with Crippen LogP contribution in [0.2, 0.25) is 0 Å². The Bertz CT molecular complexity index is 839. The van der Waals surface area contributed by atoms with Crippen molar-refractivity contribution >= 4 is 11.6 Å². The number of hydrogen-bond acceptors (Lipinski definition) is 4. The lowest BCUT2D eigenvalue weighted by atomic mass is 9.87. The van der Waals surface area contributed by atoms with E-state index >= 15 is 0 Å². The average molecular weight is 372 g/mol. The van der Waals surface area contributed by atoms with E-state index in [0.717, 1.165) is 12.8 Å². The van der Waals surface area contributed by atoms with Crippen LogP contribution in [-0.4, -0.2) is 23.7 Å². The monoisotopic (exact) mass is 372 g/mol. The van der Waals surface area contributed by atoms with Crippen LogP contribution in [0, 0.1) is 0 Å². The Morgan fingerprint density at radius 3 is 1.46 bits per heavy atom. The molecule has 2 atom stereocenters. The molecule has 0 spiro atoms. The minimum Gasteiger partial charge on any atom is -0.378 e. The van der Waals surface area contributed by atoms with Gasteiger partial charge in [0.25, 0.3) is 0 Å². The summed E-state index contributed by atoms with van der Waals surface area (Å²) in [6, 6.07) is 19.0. The van der Waals surface area contributed by atoms with Gasteiger partial charge >= 0.3 is 0 Å². The predicted octanol–water partition coefficient (Wildman–Crippen LogP) is 4.02. The van der Waals surface area contributed by atoms with Gasteiger partial charge in [-0.25, -0.2) is 0 Å². The Morgan fingerprint density at radius 2 is 1.07 bits per heavy atom. The molecule has 2 aromatic rings. The zero-order chi connectivity index (χ0) is 19.3. The van der Waals surface area contributed by atoms with Gasteiger partial charge in [-0.15, -0.1) is 0 Å². The van der Waals surface area contributed by atoms with Crippen LogP contribution in [0.3, 0.4) is 0 Å². The molecule has 0 amide bonds. The maximum Gasteiger partial charge on any atom is 0.187 e. The standard InChI is InChI=1S/C24H24N2O2/c27-23(17-9-3-1-4-10-17)15-21-22(16-24(28)18-11-5-2-6-12-18)26-20-14-8-7-13-19(20)25-21/h1-6,9-12,15-16,19-20,25-26H,7-8,13-14H2/b21-15-,22-16-/t19-,20+. The highest BCUT2D eigenvalue weighted by Crippen LogP contribution is 2.26. The Balaban J connectivity index is 1.65. The van der Waals surface area contributed by atoms with Crippen molar-refractivity contribution in [2.75, 3.05) is 0 Å². The summed E-state index contributed by atoms with van der Waals surface area (Å²) in [6.07, 6.45) is 7.70. The molecule has 4 heteroatoms. The second kappa shape index (κ2) is 8.26. The summed E-state index contributed by atoms with van der Waals surface area (Å²) >= 11 is 0. The first-order valence-corrected chi connectivity index (χ1v) is 9.86. The van der Waals surface area contributed by atoms with Crippen LogP contribution in [0.25, 0.3) is 0 Å². The lowest BCUT2D eigenvalue weighted by molar-refractivity contribution is 0.103. The lowest BCUT2D eigenvalue weighted by Gasteiger charge is -2.40. The van der Waals surface area contributed by atoms with Gasteiger partial charge in [0, 0.05) is 35.4 Å². The van der Waals surface area contributed by atoms with Gasteiger partial charge in [0.2, 0.25) is 0 Å². The molecule has 1 saturated carbocycles. The first-order valence-electron chi connectivity index (χ1n) is 9.86. The quantitative estimate of drug-likeness (QED) is 0.629. The second-order valence-corrected chi connectivity index (χ2v) is 7.36. The second-order valence-electron chi connectivity index (χ2n) is 7.36. The van der Waals surface area contributed by atoms with E-state index in [2.05, 4.69) is 10.6 Å². The first kappa shape index (κ1) is 18.2. The topological polar surface area (TPSA) is 58.2 Å². The number of ketones is 2. The summed E-state index contributed by atoms with van der Waals surface area (Å²) < 4.78 is 0. The van der Waals surface area contributed by atoms with E-state index in [0.29, 0.717) is 22.5 Å². The third-order valence-electron chi connectivity index (χ3n) is 5.41. The minimum absolute atomic E-state index is 0.0720. The molecule has 142 valence electrons. The van der Waals surface area contributed by atoms with Gasteiger partial charge in [0.1, 0.15) is 0 Å². The van der Waals surface area contributed by atoms with Gasteiger partial charge in [-0.2, -0.15) is 0 Å². The van der Waals surface area contributed by atoms with Crippen molar-refractivity contribution in [3.05, 3.63) is 95.3 Å². The Morgan fingerprint density at radius 1 is 0.679 bits per heavy atom. The van der Waals surface area contributed by atoms with Crippen LogP contribution < -0.4 is 10.6 Å². The number of fused-ring (bicyclic) bond motifs is 1. The molecule has 0 unspecified atom stereocenters. The fourth-order valence-corrected chi connectivity index (χ4v) is 3.90. The summed E-state index contributed by atoms with van der Waals surface area (Å²) in [4.78, 5) is 25.4. The molecule has 1 heterocycles. The van der Waals surface area contributed by atoms with Gasteiger partial charge in [0.15, 0.2) is 11.6 Å². The zero-order valence-corrected chi connectivity index (χ0v) is 15.7. The predicted molar refractivity (Wildman–Crippen MR) is 110 cm³/mol. The molecule has 0 radical (unpaired) electrons. The molecule has 0 bridgehead atoms. The van der Waals surface area contributed by atoms with Crippen molar-refractivity contribution in [3.8, 4) is 0 Å². The number of carbonyl (C=O) groups excluding carboxylic acids is 2. The van der Waals surface area contributed by atoms with Gasteiger partial charge in [0.05, 0.1) is 11.4 Å². The number of rotatable bonds is 4. The van der Waals surface area contributed by atoms with E-state index in [1.807, 2.05) is 36.4 Å². The number of piperazine rings is 1. The highest BCUT2D eigenvalue weighted by Gasteiger charge is 2.31. The normalized spacial score (nSPS) is 24.1. The molecular formula is C24H24N2O2. The zero-order valence-electron chi connectivity index (χ0n) is 15.7. The third-order valence-corrected chi connectivity index (χ3v) is 5.41. The van der Waals surface area contributed by atoms with Crippen molar-refractivity contribution < 1.29 is 9.59 Å². The third kappa shape index (κ3) is 4.06. The van der Waals surface area contributed by atoms with E-state index in [-0.39, 0.29) is 23.7 Å². The molecule has 2 N–H and O–H groups in total. The SMILES string of the molecule is O=C(/C=C1\N[C@H]2CCCC[C@H]2N\C1=C/C(=O)c1ccccc1)c1ccccc1. The summed E-state index contributed by atoms with van der Waals surface area (Å²) in [6.45, 7) is 0. The molecule has 4 rings (SSSR count). The van der Waals surface area contributed by atoms with Crippen LogP contribution in [0.5, 0.6) is 0 Å². The maximum absolute atomic E-state index is 12.7. The Hall–Kier alpha value is -3.14. The molecule has 28 heavy (non-hydrogen) atoms. The van der Waals surface area contributed by atoms with Crippen molar-refractivity contribution in [3.63, 3.8) is 0 Å².